The number of nitrogens with zero attached hydrogens (tertiary/aromatic N) is 3. The van der Waals surface area contributed by atoms with Gasteiger partial charge in [-0.1, -0.05) is 0 Å². The fraction of sp³-hybridized carbons (Fsp3) is 0.231. The summed E-state index contributed by atoms with van der Waals surface area (Å²) in [5.74, 6) is 0.553. The topological polar surface area (TPSA) is 56.7 Å². The van der Waals surface area contributed by atoms with Gasteiger partial charge in [0.25, 0.3) is 0 Å². The third kappa shape index (κ3) is 2.04. The zero-order valence-electron chi connectivity index (χ0n) is 10.6. The van der Waals surface area contributed by atoms with Crippen LogP contribution in [0, 0.1) is 13.8 Å². The fourth-order valence-corrected chi connectivity index (χ4v) is 3.75. The monoisotopic (exact) mass is 336 g/mol. The van der Waals surface area contributed by atoms with Gasteiger partial charge in [0, 0.05) is 10.6 Å². The zero-order valence-corrected chi connectivity index (χ0v) is 13.0. The number of rotatable bonds is 2. The Morgan fingerprint density at radius 2 is 2.11 bits per heavy atom. The molecule has 3 aromatic heterocycles. The quantitative estimate of drug-likeness (QED) is 0.779. The molecule has 3 rings (SSSR count). The highest BCUT2D eigenvalue weighted by molar-refractivity contribution is 9.11. The van der Waals surface area contributed by atoms with Gasteiger partial charge in [0.2, 0.25) is 0 Å². The van der Waals surface area contributed by atoms with Gasteiger partial charge in [-0.05, 0) is 47.5 Å². The Kier molecular flexibility index (Phi) is 3.06. The van der Waals surface area contributed by atoms with Crippen molar-refractivity contribution in [3.8, 4) is 0 Å². The smallest absolute Gasteiger partial charge is 0.146 e. The Hall–Kier alpha value is -1.40. The fourth-order valence-electron chi connectivity index (χ4n) is 2.28. The lowest BCUT2D eigenvalue weighted by Crippen LogP contribution is -2.02. The predicted molar refractivity (Wildman–Crippen MR) is 82.5 cm³/mol. The molecule has 0 aromatic carbocycles. The molecule has 4 nitrogen and oxygen atoms in total. The van der Waals surface area contributed by atoms with E-state index in [0.717, 1.165) is 26.9 Å². The van der Waals surface area contributed by atoms with Crippen LogP contribution in [0.25, 0.3) is 11.0 Å². The van der Waals surface area contributed by atoms with Crippen molar-refractivity contribution in [3.63, 3.8) is 0 Å². The highest BCUT2D eigenvalue weighted by atomic mass is 79.9. The standard InChI is InChI=1S/C13H13BrN4S/c1-7-8(2)18(5-9-3-4-10(14)19-9)13-11(7)12(15)16-6-17-13/h3-4,6H,5H2,1-2H3,(H2,15,16,17). The number of nitrogens with two attached hydrogens (primary N) is 1. The number of nitrogen functional groups attached to an aromatic ring is 1. The summed E-state index contributed by atoms with van der Waals surface area (Å²) in [5.41, 5.74) is 9.22. The van der Waals surface area contributed by atoms with Gasteiger partial charge < -0.3 is 10.3 Å². The van der Waals surface area contributed by atoms with E-state index in [-0.39, 0.29) is 0 Å². The minimum absolute atomic E-state index is 0.553. The van der Waals surface area contributed by atoms with Crippen LogP contribution in [0.4, 0.5) is 5.82 Å². The molecule has 0 aliphatic carbocycles. The second kappa shape index (κ2) is 4.61. The van der Waals surface area contributed by atoms with E-state index >= 15 is 0 Å². The lowest BCUT2D eigenvalue weighted by Gasteiger charge is -2.05. The van der Waals surface area contributed by atoms with E-state index in [9.17, 15) is 0 Å². The van der Waals surface area contributed by atoms with Gasteiger partial charge in [0.1, 0.15) is 17.8 Å². The zero-order chi connectivity index (χ0) is 13.6. The van der Waals surface area contributed by atoms with E-state index < -0.39 is 0 Å². The maximum Gasteiger partial charge on any atom is 0.146 e. The summed E-state index contributed by atoms with van der Waals surface area (Å²) in [6, 6.07) is 4.19. The molecule has 2 N–H and O–H groups in total. The summed E-state index contributed by atoms with van der Waals surface area (Å²) in [6.07, 6.45) is 1.53. The highest BCUT2D eigenvalue weighted by Gasteiger charge is 2.15. The van der Waals surface area contributed by atoms with Crippen molar-refractivity contribution in [2.45, 2.75) is 20.4 Å². The van der Waals surface area contributed by atoms with Gasteiger partial charge in [0.05, 0.1) is 15.7 Å². The van der Waals surface area contributed by atoms with Crippen LogP contribution in [-0.2, 0) is 6.54 Å². The van der Waals surface area contributed by atoms with E-state index in [4.69, 9.17) is 5.73 Å². The van der Waals surface area contributed by atoms with E-state index in [0.29, 0.717) is 5.82 Å². The number of hydrogen-bond acceptors (Lipinski definition) is 4. The molecule has 6 heteroatoms. The van der Waals surface area contributed by atoms with Gasteiger partial charge in [-0.15, -0.1) is 11.3 Å². The Balaban J connectivity index is 2.18. The molecule has 0 saturated carbocycles. The molecule has 0 bridgehead atoms. The second-order valence-electron chi connectivity index (χ2n) is 4.46. The largest absolute Gasteiger partial charge is 0.383 e. The van der Waals surface area contributed by atoms with Gasteiger partial charge in [-0.2, -0.15) is 0 Å². The third-order valence-corrected chi connectivity index (χ3v) is 4.99. The molecule has 0 spiro atoms. The Morgan fingerprint density at radius 1 is 1.32 bits per heavy atom. The van der Waals surface area contributed by atoms with Crippen LogP contribution >= 0.6 is 27.3 Å². The van der Waals surface area contributed by atoms with Crippen LogP contribution in [0.15, 0.2) is 22.2 Å². The molecule has 3 aromatic rings. The van der Waals surface area contributed by atoms with Crippen molar-refractivity contribution in [2.75, 3.05) is 5.73 Å². The molecule has 0 amide bonds. The van der Waals surface area contributed by atoms with E-state index in [1.807, 2.05) is 0 Å². The number of hydrogen-bond donors (Lipinski definition) is 1. The molecule has 19 heavy (non-hydrogen) atoms. The molecule has 0 radical (unpaired) electrons. The van der Waals surface area contributed by atoms with Gasteiger partial charge in [0.15, 0.2) is 0 Å². The Bertz CT molecular complexity index is 759. The molecular formula is C13H13BrN4S. The number of aromatic nitrogens is 3. The van der Waals surface area contributed by atoms with Gasteiger partial charge >= 0.3 is 0 Å². The highest BCUT2D eigenvalue weighted by Crippen LogP contribution is 2.29. The first-order valence-electron chi connectivity index (χ1n) is 5.88. The molecule has 98 valence electrons. The third-order valence-electron chi connectivity index (χ3n) is 3.38. The van der Waals surface area contributed by atoms with E-state index in [2.05, 4.69) is 56.4 Å². The Labute approximate surface area is 123 Å². The summed E-state index contributed by atoms with van der Waals surface area (Å²) in [7, 11) is 0. The van der Waals surface area contributed by atoms with Crippen molar-refractivity contribution in [1.82, 2.24) is 14.5 Å². The molecule has 0 aliphatic heterocycles. The summed E-state index contributed by atoms with van der Waals surface area (Å²) in [6.45, 7) is 4.97. The molecule has 0 saturated heterocycles. The summed E-state index contributed by atoms with van der Waals surface area (Å²) in [5, 5.41) is 0.968. The van der Waals surface area contributed by atoms with Crippen molar-refractivity contribution in [1.29, 1.82) is 0 Å². The maximum absolute atomic E-state index is 5.97. The van der Waals surface area contributed by atoms with Crippen LogP contribution in [0.5, 0.6) is 0 Å². The van der Waals surface area contributed by atoms with Crippen molar-refractivity contribution in [3.05, 3.63) is 38.4 Å². The van der Waals surface area contributed by atoms with Crippen LogP contribution in [-0.4, -0.2) is 14.5 Å². The minimum Gasteiger partial charge on any atom is -0.383 e. The van der Waals surface area contributed by atoms with Crippen molar-refractivity contribution in [2.24, 2.45) is 0 Å². The average Bonchev–Trinajstić information content (AvgIpc) is 2.88. The number of thiophene rings is 1. The minimum atomic E-state index is 0.553. The molecule has 3 heterocycles. The second-order valence-corrected chi connectivity index (χ2v) is 7.01. The van der Waals surface area contributed by atoms with Crippen molar-refractivity contribution < 1.29 is 0 Å². The van der Waals surface area contributed by atoms with Crippen molar-refractivity contribution >= 4 is 44.1 Å². The number of fused-ring (bicyclic) bond motifs is 1. The Morgan fingerprint density at radius 3 is 2.79 bits per heavy atom. The SMILES string of the molecule is Cc1c(C)n(Cc2ccc(Br)s2)c2ncnc(N)c12. The van der Waals surface area contributed by atoms with Crippen LogP contribution in [0.2, 0.25) is 0 Å². The van der Waals surface area contributed by atoms with E-state index in [1.54, 1.807) is 11.3 Å². The summed E-state index contributed by atoms with van der Waals surface area (Å²) >= 11 is 5.23. The normalized spacial score (nSPS) is 11.3. The first-order chi connectivity index (χ1) is 9.08. The number of anilines is 1. The van der Waals surface area contributed by atoms with Crippen LogP contribution < -0.4 is 5.73 Å². The molecule has 0 atom stereocenters. The lowest BCUT2D eigenvalue weighted by molar-refractivity contribution is 0.801. The van der Waals surface area contributed by atoms with E-state index in [1.165, 1.54) is 16.9 Å². The molecule has 0 aliphatic rings. The maximum atomic E-state index is 5.97. The molecule has 0 unspecified atom stereocenters. The number of halogens is 1. The summed E-state index contributed by atoms with van der Waals surface area (Å²) in [4.78, 5) is 9.76. The van der Waals surface area contributed by atoms with Gasteiger partial charge in [-0.3, -0.25) is 0 Å². The lowest BCUT2D eigenvalue weighted by atomic mass is 10.2. The van der Waals surface area contributed by atoms with Crippen LogP contribution in [0.3, 0.4) is 0 Å². The first-order valence-corrected chi connectivity index (χ1v) is 7.49. The van der Waals surface area contributed by atoms with Gasteiger partial charge in [-0.25, -0.2) is 9.97 Å². The average molecular weight is 337 g/mol. The predicted octanol–water partition coefficient (Wildman–Crippen LogP) is 3.50. The summed E-state index contributed by atoms with van der Waals surface area (Å²) < 4.78 is 3.34. The van der Waals surface area contributed by atoms with Crippen LogP contribution in [0.1, 0.15) is 16.1 Å². The number of aryl methyl sites for hydroxylation is 1. The molecular weight excluding hydrogens is 324 g/mol. The molecule has 0 fully saturated rings. The first kappa shape index (κ1) is 12.6.